The van der Waals surface area contributed by atoms with E-state index in [0.717, 1.165) is 37.8 Å². The Labute approximate surface area is 193 Å². The van der Waals surface area contributed by atoms with Gasteiger partial charge >= 0.3 is 6.03 Å². The first-order valence-electron chi connectivity index (χ1n) is 11.4. The van der Waals surface area contributed by atoms with E-state index in [4.69, 9.17) is 0 Å². The molecule has 170 valence electrons. The molecular formula is C25H29N7O. The fourth-order valence-electron chi connectivity index (χ4n) is 3.66. The molecule has 0 saturated carbocycles. The maximum atomic E-state index is 12.4. The molecule has 0 aliphatic rings. The van der Waals surface area contributed by atoms with E-state index in [2.05, 4.69) is 49.7 Å². The number of carbonyl (C=O) groups excluding carboxylic acids is 1. The predicted octanol–water partition coefficient (Wildman–Crippen LogP) is 4.83. The minimum absolute atomic E-state index is 0.0558. The van der Waals surface area contributed by atoms with Crippen molar-refractivity contribution in [3.8, 4) is 11.3 Å². The standard InChI is InChI=1S/C25H29N7O/c1-3-14-32-17-20(15-27-32)22-16-26-21-12-13-23(30-24(21)29-22)31-25(33)28-18(2)8-7-11-19-9-5-4-6-10-19/h4-6,9-10,12-13,15-18H,3,7-8,11,14H2,1-2H3,(H2,28,29,30,31,33). The van der Waals surface area contributed by atoms with E-state index in [1.54, 1.807) is 24.5 Å². The second kappa shape index (κ2) is 10.7. The Morgan fingerprint density at radius 3 is 2.76 bits per heavy atom. The molecule has 33 heavy (non-hydrogen) atoms. The van der Waals surface area contributed by atoms with Gasteiger partial charge < -0.3 is 5.32 Å². The smallest absolute Gasteiger partial charge is 0.320 e. The van der Waals surface area contributed by atoms with Gasteiger partial charge in [0.1, 0.15) is 11.3 Å². The number of carbonyl (C=O) groups is 1. The lowest BCUT2D eigenvalue weighted by Crippen LogP contribution is -2.36. The molecule has 1 aromatic carbocycles. The van der Waals surface area contributed by atoms with Crippen LogP contribution in [0, 0.1) is 0 Å². The van der Waals surface area contributed by atoms with Crippen LogP contribution in [0.4, 0.5) is 10.6 Å². The monoisotopic (exact) mass is 443 g/mol. The summed E-state index contributed by atoms with van der Waals surface area (Å²) in [6.45, 7) is 4.97. The number of anilines is 1. The Morgan fingerprint density at radius 2 is 1.94 bits per heavy atom. The number of rotatable bonds is 9. The van der Waals surface area contributed by atoms with Gasteiger partial charge in [-0.25, -0.2) is 14.8 Å². The molecule has 2 amide bonds. The largest absolute Gasteiger partial charge is 0.335 e. The highest BCUT2D eigenvalue weighted by atomic mass is 16.2. The van der Waals surface area contributed by atoms with E-state index >= 15 is 0 Å². The summed E-state index contributed by atoms with van der Waals surface area (Å²) in [6.07, 6.45) is 9.36. The van der Waals surface area contributed by atoms with Gasteiger partial charge in [0, 0.05) is 24.3 Å². The first-order valence-corrected chi connectivity index (χ1v) is 11.4. The van der Waals surface area contributed by atoms with Gasteiger partial charge in [-0.2, -0.15) is 5.10 Å². The fourth-order valence-corrected chi connectivity index (χ4v) is 3.66. The van der Waals surface area contributed by atoms with Crippen LogP contribution in [0.3, 0.4) is 0 Å². The third-order valence-electron chi connectivity index (χ3n) is 5.35. The van der Waals surface area contributed by atoms with Gasteiger partial charge in [0.05, 0.1) is 18.1 Å². The molecule has 3 aromatic heterocycles. The number of urea groups is 1. The summed E-state index contributed by atoms with van der Waals surface area (Å²) in [6, 6.07) is 13.7. The number of nitrogens with one attached hydrogen (secondary N) is 2. The molecule has 2 N–H and O–H groups in total. The van der Waals surface area contributed by atoms with Gasteiger partial charge in [-0.15, -0.1) is 0 Å². The van der Waals surface area contributed by atoms with Crippen LogP contribution in [0.1, 0.15) is 38.7 Å². The van der Waals surface area contributed by atoms with Crippen LogP contribution in [0.5, 0.6) is 0 Å². The molecule has 0 fully saturated rings. The van der Waals surface area contributed by atoms with Gasteiger partial charge in [0.25, 0.3) is 0 Å². The summed E-state index contributed by atoms with van der Waals surface area (Å²) >= 11 is 0. The molecule has 8 nitrogen and oxygen atoms in total. The van der Waals surface area contributed by atoms with Gasteiger partial charge in [-0.1, -0.05) is 37.3 Å². The lowest BCUT2D eigenvalue weighted by atomic mass is 10.1. The molecular weight excluding hydrogens is 414 g/mol. The average molecular weight is 444 g/mol. The zero-order chi connectivity index (χ0) is 23.0. The predicted molar refractivity (Wildman–Crippen MR) is 130 cm³/mol. The van der Waals surface area contributed by atoms with E-state index in [-0.39, 0.29) is 12.1 Å². The molecule has 4 rings (SSSR count). The zero-order valence-electron chi connectivity index (χ0n) is 19.0. The van der Waals surface area contributed by atoms with E-state index < -0.39 is 0 Å². The van der Waals surface area contributed by atoms with Gasteiger partial charge in [0.2, 0.25) is 0 Å². The van der Waals surface area contributed by atoms with Crippen molar-refractivity contribution in [1.29, 1.82) is 0 Å². The number of aromatic nitrogens is 5. The highest BCUT2D eigenvalue weighted by Crippen LogP contribution is 2.19. The van der Waals surface area contributed by atoms with E-state index in [0.29, 0.717) is 22.7 Å². The Hall–Kier alpha value is -3.81. The second-order valence-electron chi connectivity index (χ2n) is 8.16. The number of pyridine rings is 1. The Morgan fingerprint density at radius 1 is 1.09 bits per heavy atom. The minimum Gasteiger partial charge on any atom is -0.335 e. The molecule has 0 aliphatic carbocycles. The van der Waals surface area contributed by atoms with Crippen molar-refractivity contribution < 1.29 is 4.79 Å². The summed E-state index contributed by atoms with van der Waals surface area (Å²) in [7, 11) is 0. The summed E-state index contributed by atoms with van der Waals surface area (Å²) in [5.74, 6) is 0.435. The van der Waals surface area contributed by atoms with Crippen molar-refractivity contribution in [2.45, 2.75) is 52.1 Å². The zero-order valence-corrected chi connectivity index (χ0v) is 19.0. The summed E-state index contributed by atoms with van der Waals surface area (Å²) in [5, 5.41) is 10.1. The van der Waals surface area contributed by atoms with Crippen LogP contribution < -0.4 is 10.6 Å². The van der Waals surface area contributed by atoms with Crippen LogP contribution in [-0.2, 0) is 13.0 Å². The second-order valence-corrected chi connectivity index (χ2v) is 8.16. The molecule has 3 heterocycles. The molecule has 0 spiro atoms. The van der Waals surface area contributed by atoms with Gasteiger partial charge in [-0.05, 0) is 50.3 Å². The van der Waals surface area contributed by atoms with Crippen LogP contribution in [0.25, 0.3) is 22.4 Å². The van der Waals surface area contributed by atoms with Crippen LogP contribution in [-0.4, -0.2) is 36.8 Å². The molecule has 0 radical (unpaired) electrons. The Balaban J connectivity index is 1.34. The maximum absolute atomic E-state index is 12.4. The van der Waals surface area contributed by atoms with Crippen LogP contribution in [0.2, 0.25) is 0 Å². The van der Waals surface area contributed by atoms with Crippen molar-refractivity contribution >= 4 is 23.0 Å². The summed E-state index contributed by atoms with van der Waals surface area (Å²) < 4.78 is 1.89. The van der Waals surface area contributed by atoms with Crippen molar-refractivity contribution in [1.82, 2.24) is 30.0 Å². The summed E-state index contributed by atoms with van der Waals surface area (Å²) in [4.78, 5) is 26.0. The average Bonchev–Trinajstić information content (AvgIpc) is 3.28. The van der Waals surface area contributed by atoms with Gasteiger partial charge in [-0.3, -0.25) is 15.0 Å². The summed E-state index contributed by atoms with van der Waals surface area (Å²) in [5.41, 5.74) is 4.04. The number of nitrogens with zero attached hydrogens (tertiary/aromatic N) is 5. The highest BCUT2D eigenvalue weighted by Gasteiger charge is 2.11. The number of benzene rings is 1. The third kappa shape index (κ3) is 6.12. The number of amides is 2. The quantitative estimate of drug-likeness (QED) is 0.386. The molecule has 8 heteroatoms. The molecule has 4 aromatic rings. The number of hydrogen-bond donors (Lipinski definition) is 2. The van der Waals surface area contributed by atoms with Gasteiger partial charge in [0.15, 0.2) is 5.65 Å². The Kier molecular flexibility index (Phi) is 7.24. The Bertz CT molecular complexity index is 1210. The van der Waals surface area contributed by atoms with Crippen molar-refractivity contribution in [3.05, 3.63) is 66.6 Å². The first kappa shape index (κ1) is 22.4. The first-order chi connectivity index (χ1) is 16.1. The van der Waals surface area contributed by atoms with E-state index in [9.17, 15) is 4.79 Å². The van der Waals surface area contributed by atoms with Crippen molar-refractivity contribution in [2.75, 3.05) is 5.32 Å². The SMILES string of the molecule is CCCn1cc(-c2cnc3ccc(NC(=O)NC(C)CCCc4ccccc4)nc3n2)cn1. The van der Waals surface area contributed by atoms with Crippen LogP contribution >= 0.6 is 0 Å². The van der Waals surface area contributed by atoms with E-state index in [1.165, 1.54) is 5.56 Å². The number of hydrogen-bond acceptors (Lipinski definition) is 5. The molecule has 0 saturated heterocycles. The maximum Gasteiger partial charge on any atom is 0.320 e. The van der Waals surface area contributed by atoms with Crippen molar-refractivity contribution in [3.63, 3.8) is 0 Å². The lowest BCUT2D eigenvalue weighted by molar-refractivity contribution is 0.248. The highest BCUT2D eigenvalue weighted by molar-refractivity contribution is 5.89. The minimum atomic E-state index is -0.279. The van der Waals surface area contributed by atoms with Crippen molar-refractivity contribution in [2.24, 2.45) is 0 Å². The fraction of sp³-hybridized carbons (Fsp3) is 0.320. The number of fused-ring (bicyclic) bond motifs is 1. The number of aryl methyl sites for hydroxylation is 2. The third-order valence-corrected chi connectivity index (χ3v) is 5.35. The molecule has 0 bridgehead atoms. The van der Waals surface area contributed by atoms with Crippen LogP contribution in [0.15, 0.2) is 61.1 Å². The topological polar surface area (TPSA) is 97.6 Å². The molecule has 1 atom stereocenters. The normalized spacial score (nSPS) is 11.9. The molecule has 0 aliphatic heterocycles. The van der Waals surface area contributed by atoms with E-state index in [1.807, 2.05) is 36.0 Å². The lowest BCUT2D eigenvalue weighted by Gasteiger charge is -2.14. The molecule has 1 unspecified atom stereocenters.